The van der Waals surface area contributed by atoms with Gasteiger partial charge in [-0.1, -0.05) is 0 Å². The van der Waals surface area contributed by atoms with Crippen LogP contribution in [0.25, 0.3) is 0 Å². The van der Waals surface area contributed by atoms with Crippen LogP contribution in [0.3, 0.4) is 0 Å². The van der Waals surface area contributed by atoms with Gasteiger partial charge >= 0.3 is 18.9 Å². The van der Waals surface area contributed by atoms with E-state index in [0.29, 0.717) is 6.04 Å². The first kappa shape index (κ1) is 12.1. The number of ether oxygens (including phenoxy) is 1. The Bertz CT molecular complexity index is 206. The summed E-state index contributed by atoms with van der Waals surface area (Å²) in [4.78, 5) is 12.7. The molecule has 14 heavy (non-hydrogen) atoms. The van der Waals surface area contributed by atoms with Gasteiger partial charge in [0.05, 0.1) is 12.0 Å². The number of carboxylic acids is 1. The minimum Gasteiger partial charge on any atom is -0.548 e. The molecule has 1 atom stereocenters. The second-order valence-corrected chi connectivity index (χ2v) is 3.70. The summed E-state index contributed by atoms with van der Waals surface area (Å²) in [5.41, 5.74) is 0. The topological polar surface area (TPSA) is 52.6 Å². The van der Waals surface area contributed by atoms with Gasteiger partial charge in [0.2, 0.25) is 0 Å². The molecule has 2 heterocycles. The maximum absolute atomic E-state index is 10.7. The van der Waals surface area contributed by atoms with E-state index in [0.717, 1.165) is 39.0 Å². The molecule has 2 fully saturated rings. The van der Waals surface area contributed by atoms with E-state index in [2.05, 4.69) is 0 Å². The van der Waals surface area contributed by atoms with Crippen molar-refractivity contribution in [1.29, 1.82) is 0 Å². The average molecular weight is 191 g/mol. The first-order valence-corrected chi connectivity index (χ1v) is 4.83. The van der Waals surface area contributed by atoms with Crippen molar-refractivity contribution in [2.75, 3.05) is 19.8 Å². The van der Waals surface area contributed by atoms with E-state index in [1.54, 1.807) is 0 Å². The maximum atomic E-state index is 10.7. The molecular weight excluding hydrogens is 177 g/mol. The Morgan fingerprint density at radius 1 is 1.29 bits per heavy atom. The molecule has 2 rings (SSSR count). The van der Waals surface area contributed by atoms with Crippen LogP contribution in [0, 0.1) is 0 Å². The van der Waals surface area contributed by atoms with E-state index < -0.39 is 5.97 Å². The molecular formula is C9H14LiNO3. The molecule has 4 nitrogen and oxygen atoms in total. The van der Waals surface area contributed by atoms with Crippen LogP contribution in [-0.2, 0) is 9.53 Å². The predicted molar refractivity (Wildman–Crippen MR) is 44.0 cm³/mol. The van der Waals surface area contributed by atoms with Gasteiger partial charge in [-0.05, 0) is 19.3 Å². The molecule has 74 valence electrons. The van der Waals surface area contributed by atoms with Crippen LogP contribution in [0.15, 0.2) is 0 Å². The largest absolute Gasteiger partial charge is 1.00 e. The van der Waals surface area contributed by atoms with Crippen molar-refractivity contribution in [1.82, 2.24) is 4.90 Å². The molecule has 0 N–H and O–H groups in total. The summed E-state index contributed by atoms with van der Waals surface area (Å²) in [5, 5.41) is 10.7. The number of nitrogens with zero attached hydrogens (tertiary/aromatic N) is 1. The van der Waals surface area contributed by atoms with Gasteiger partial charge in [-0.3, -0.25) is 4.90 Å². The van der Waals surface area contributed by atoms with Gasteiger partial charge < -0.3 is 14.6 Å². The van der Waals surface area contributed by atoms with Gasteiger partial charge in [-0.2, -0.15) is 0 Å². The molecule has 0 saturated carbocycles. The SMILES string of the molecule is O=C([O-])C1CCN1C1CCOCC1.[Li+]. The number of likely N-dealkylation sites (tertiary alicyclic amines) is 1. The normalized spacial score (nSPS) is 29.0. The van der Waals surface area contributed by atoms with Gasteiger partial charge in [0.25, 0.3) is 0 Å². The number of carboxylic acid groups (broad SMARTS) is 1. The molecule has 5 heteroatoms. The fourth-order valence-corrected chi connectivity index (χ4v) is 2.11. The number of carbonyl (C=O) groups is 1. The molecule has 2 saturated heterocycles. The van der Waals surface area contributed by atoms with E-state index in [4.69, 9.17) is 4.74 Å². The Labute approximate surface area is 95.8 Å². The van der Waals surface area contributed by atoms with Crippen molar-refractivity contribution in [2.24, 2.45) is 0 Å². The summed E-state index contributed by atoms with van der Waals surface area (Å²) in [6.45, 7) is 2.44. The van der Waals surface area contributed by atoms with E-state index in [1.807, 2.05) is 4.90 Å². The number of rotatable bonds is 2. The Morgan fingerprint density at radius 3 is 2.36 bits per heavy atom. The molecule has 0 aliphatic carbocycles. The van der Waals surface area contributed by atoms with Gasteiger partial charge in [0.1, 0.15) is 0 Å². The van der Waals surface area contributed by atoms with Gasteiger partial charge in [-0.25, -0.2) is 0 Å². The van der Waals surface area contributed by atoms with Crippen molar-refractivity contribution in [3.63, 3.8) is 0 Å². The fourth-order valence-electron chi connectivity index (χ4n) is 2.11. The van der Waals surface area contributed by atoms with Crippen LogP contribution in [0.1, 0.15) is 19.3 Å². The van der Waals surface area contributed by atoms with Crippen LogP contribution in [0.2, 0.25) is 0 Å². The third-order valence-electron chi connectivity index (χ3n) is 2.99. The number of hydrogen-bond donors (Lipinski definition) is 0. The quantitative estimate of drug-likeness (QED) is 0.417. The van der Waals surface area contributed by atoms with Crippen molar-refractivity contribution in [2.45, 2.75) is 31.3 Å². The summed E-state index contributed by atoms with van der Waals surface area (Å²) in [6, 6.07) is 0.0773. The fraction of sp³-hybridized carbons (Fsp3) is 0.889. The third kappa shape index (κ3) is 2.32. The van der Waals surface area contributed by atoms with E-state index in [9.17, 15) is 9.90 Å². The van der Waals surface area contributed by atoms with E-state index >= 15 is 0 Å². The minimum absolute atomic E-state index is 0. The summed E-state index contributed by atoms with van der Waals surface area (Å²) in [5.74, 6) is -0.919. The molecule has 0 spiro atoms. The first-order chi connectivity index (χ1) is 6.29. The molecule has 0 radical (unpaired) electrons. The van der Waals surface area contributed by atoms with E-state index in [-0.39, 0.29) is 24.9 Å². The zero-order valence-corrected chi connectivity index (χ0v) is 8.57. The number of carbonyl (C=O) groups excluding carboxylic acids is 1. The summed E-state index contributed by atoms with van der Waals surface area (Å²) < 4.78 is 5.22. The zero-order chi connectivity index (χ0) is 9.26. The van der Waals surface area contributed by atoms with Crippen LogP contribution in [0.4, 0.5) is 0 Å². The maximum Gasteiger partial charge on any atom is 1.00 e. The molecule has 2 aliphatic rings. The molecule has 0 amide bonds. The van der Waals surface area contributed by atoms with E-state index in [1.165, 1.54) is 0 Å². The molecule has 0 bridgehead atoms. The first-order valence-electron chi connectivity index (χ1n) is 4.83. The second-order valence-electron chi connectivity index (χ2n) is 3.70. The van der Waals surface area contributed by atoms with Gasteiger partial charge in [0, 0.05) is 25.8 Å². The van der Waals surface area contributed by atoms with Gasteiger partial charge in [-0.15, -0.1) is 0 Å². The Kier molecular flexibility index (Phi) is 4.46. The number of hydrogen-bond acceptors (Lipinski definition) is 4. The predicted octanol–water partition coefficient (Wildman–Crippen LogP) is -4.01. The summed E-state index contributed by atoms with van der Waals surface area (Å²) in [7, 11) is 0. The summed E-state index contributed by atoms with van der Waals surface area (Å²) in [6.07, 6.45) is 2.67. The van der Waals surface area contributed by atoms with Crippen molar-refractivity contribution < 1.29 is 33.5 Å². The summed E-state index contributed by atoms with van der Waals surface area (Å²) >= 11 is 0. The molecule has 2 aliphatic heterocycles. The van der Waals surface area contributed by atoms with Crippen molar-refractivity contribution in [3.05, 3.63) is 0 Å². The van der Waals surface area contributed by atoms with Crippen LogP contribution in [0.5, 0.6) is 0 Å². The van der Waals surface area contributed by atoms with Gasteiger partial charge in [0.15, 0.2) is 0 Å². The van der Waals surface area contributed by atoms with Crippen LogP contribution in [-0.4, -0.2) is 42.7 Å². The average Bonchev–Trinajstić information content (AvgIpc) is 2.02. The third-order valence-corrected chi connectivity index (χ3v) is 2.99. The molecule has 0 aromatic carbocycles. The zero-order valence-electron chi connectivity index (χ0n) is 8.57. The smallest absolute Gasteiger partial charge is 0.548 e. The van der Waals surface area contributed by atoms with Crippen LogP contribution >= 0.6 is 0 Å². The Morgan fingerprint density at radius 2 is 1.93 bits per heavy atom. The van der Waals surface area contributed by atoms with Crippen molar-refractivity contribution in [3.8, 4) is 0 Å². The van der Waals surface area contributed by atoms with Crippen LogP contribution < -0.4 is 24.0 Å². The monoisotopic (exact) mass is 191 g/mol. The molecule has 0 aromatic heterocycles. The second kappa shape index (κ2) is 5.18. The molecule has 1 unspecified atom stereocenters. The number of aliphatic carboxylic acids is 1. The Hall–Kier alpha value is -0.0126. The van der Waals surface area contributed by atoms with Crippen molar-refractivity contribution >= 4 is 5.97 Å². The minimum atomic E-state index is -0.919. The Balaban J connectivity index is 0.000000980. The standard InChI is InChI=1S/C9H15NO3.Li/c11-9(12)8-1-4-10(8)7-2-5-13-6-3-7;/h7-8H,1-6H2,(H,11,12);/q;+1/p-1. The molecule has 0 aromatic rings.